The van der Waals surface area contributed by atoms with Crippen LogP contribution in [0.15, 0.2) is 12.1 Å². The second-order valence-corrected chi connectivity index (χ2v) is 6.48. The second-order valence-electron chi connectivity index (χ2n) is 6.09. The largest absolute Gasteiger partial charge is 0.476 e. The van der Waals surface area contributed by atoms with Gasteiger partial charge in [0.2, 0.25) is 0 Å². The van der Waals surface area contributed by atoms with E-state index in [0.717, 1.165) is 0 Å². The third-order valence-electron chi connectivity index (χ3n) is 3.32. The molecule has 0 spiro atoms. The van der Waals surface area contributed by atoms with Crippen LogP contribution in [0.2, 0.25) is 5.15 Å². The lowest BCUT2D eigenvalue weighted by Gasteiger charge is -2.21. The molecule has 0 aliphatic rings. The fourth-order valence-corrected chi connectivity index (χ4v) is 2.60. The van der Waals surface area contributed by atoms with Gasteiger partial charge in [-0.05, 0) is 39.8 Å². The zero-order valence-corrected chi connectivity index (χ0v) is 14.0. The van der Waals surface area contributed by atoms with Crippen molar-refractivity contribution in [2.45, 2.75) is 33.2 Å². The minimum absolute atomic E-state index is 0.0865. The molecule has 0 aromatic carbocycles. The summed E-state index contributed by atoms with van der Waals surface area (Å²) in [4.78, 5) is 27.2. The molecule has 0 fully saturated rings. The van der Waals surface area contributed by atoms with Crippen molar-refractivity contribution in [1.29, 1.82) is 0 Å². The fourth-order valence-electron chi connectivity index (χ4n) is 2.45. The Morgan fingerprint density at radius 2 is 1.87 bits per heavy atom. The number of carboxylic acid groups (broad SMARTS) is 1. The molecule has 0 atom stereocenters. The summed E-state index contributed by atoms with van der Waals surface area (Å²) in [6.45, 7) is 7.44. The molecule has 122 valence electrons. The van der Waals surface area contributed by atoms with E-state index in [9.17, 15) is 14.7 Å². The van der Waals surface area contributed by atoms with Gasteiger partial charge in [0.05, 0.1) is 5.54 Å². The monoisotopic (exact) mass is 336 g/mol. The molecule has 0 aliphatic heterocycles. The summed E-state index contributed by atoms with van der Waals surface area (Å²) in [5.74, 6) is -1.99. The predicted octanol–water partition coefficient (Wildman–Crippen LogP) is 2.46. The molecule has 0 saturated heterocycles. The maximum absolute atomic E-state index is 11.7. The van der Waals surface area contributed by atoms with Crippen LogP contribution < -0.4 is 5.73 Å². The first-order valence-electron chi connectivity index (χ1n) is 6.84. The molecule has 3 N–H and O–H groups in total. The highest BCUT2D eigenvalue weighted by Gasteiger charge is 2.29. The lowest BCUT2D eigenvalue weighted by Crippen LogP contribution is -2.24. The summed E-state index contributed by atoms with van der Waals surface area (Å²) >= 11 is 5.81. The van der Waals surface area contributed by atoms with Gasteiger partial charge in [0.25, 0.3) is 5.91 Å². The van der Waals surface area contributed by atoms with Crippen molar-refractivity contribution >= 4 is 23.5 Å². The summed E-state index contributed by atoms with van der Waals surface area (Å²) in [6, 6.07) is 3.00. The first kappa shape index (κ1) is 17.0. The maximum Gasteiger partial charge on any atom is 0.357 e. The molecule has 2 heterocycles. The van der Waals surface area contributed by atoms with Gasteiger partial charge in [-0.15, -0.1) is 0 Å². The van der Waals surface area contributed by atoms with Crippen LogP contribution in [0.5, 0.6) is 0 Å². The van der Waals surface area contributed by atoms with E-state index in [0.29, 0.717) is 16.8 Å². The van der Waals surface area contributed by atoms with Gasteiger partial charge in [0.1, 0.15) is 10.8 Å². The molecule has 2 aromatic heterocycles. The number of nitrogens with zero attached hydrogens (tertiary/aromatic N) is 3. The van der Waals surface area contributed by atoms with E-state index in [2.05, 4.69) is 10.1 Å². The Balaban J connectivity index is 2.86. The van der Waals surface area contributed by atoms with E-state index in [1.54, 1.807) is 11.6 Å². The molecule has 0 unspecified atom stereocenters. The van der Waals surface area contributed by atoms with Crippen LogP contribution in [0.25, 0.3) is 11.1 Å². The highest BCUT2D eigenvalue weighted by molar-refractivity contribution is 6.29. The number of nitrogens with two attached hydrogens (primary N) is 1. The molecule has 7 nitrogen and oxygen atoms in total. The molecule has 0 aliphatic carbocycles. The number of carbonyl (C=O) groups excluding carboxylic acids is 1. The molecule has 0 saturated carbocycles. The van der Waals surface area contributed by atoms with Gasteiger partial charge in [0, 0.05) is 16.8 Å². The number of aromatic nitrogens is 3. The molecule has 8 heteroatoms. The average molecular weight is 337 g/mol. The number of rotatable bonds is 3. The van der Waals surface area contributed by atoms with E-state index in [-0.39, 0.29) is 16.5 Å². The Bertz CT molecular complexity index is 806. The number of halogens is 1. The molecule has 2 rings (SSSR count). The van der Waals surface area contributed by atoms with Crippen molar-refractivity contribution in [1.82, 2.24) is 14.8 Å². The summed E-state index contributed by atoms with van der Waals surface area (Å²) in [7, 11) is 0. The minimum atomic E-state index is -1.20. The van der Waals surface area contributed by atoms with Crippen molar-refractivity contribution in [3.63, 3.8) is 0 Å². The lowest BCUT2D eigenvalue weighted by atomic mass is 10.0. The topological polar surface area (TPSA) is 111 Å². The van der Waals surface area contributed by atoms with Gasteiger partial charge in [-0.2, -0.15) is 5.10 Å². The van der Waals surface area contributed by atoms with Gasteiger partial charge in [-0.3, -0.25) is 9.48 Å². The Labute approximate surface area is 138 Å². The van der Waals surface area contributed by atoms with Gasteiger partial charge < -0.3 is 10.8 Å². The number of carbonyl (C=O) groups is 2. The van der Waals surface area contributed by atoms with Crippen LogP contribution >= 0.6 is 11.6 Å². The van der Waals surface area contributed by atoms with Crippen LogP contribution in [-0.2, 0) is 5.54 Å². The van der Waals surface area contributed by atoms with E-state index < -0.39 is 17.4 Å². The maximum atomic E-state index is 11.7. The Hall–Kier alpha value is -2.41. The third kappa shape index (κ3) is 3.05. The summed E-state index contributed by atoms with van der Waals surface area (Å²) < 4.78 is 1.60. The third-order valence-corrected chi connectivity index (χ3v) is 3.53. The molecule has 2 aromatic rings. The Morgan fingerprint density at radius 3 is 2.35 bits per heavy atom. The number of hydrogen-bond acceptors (Lipinski definition) is 4. The van der Waals surface area contributed by atoms with Crippen LogP contribution in [-0.4, -0.2) is 31.7 Å². The highest BCUT2D eigenvalue weighted by Crippen LogP contribution is 2.33. The van der Waals surface area contributed by atoms with Crippen LogP contribution in [0.3, 0.4) is 0 Å². The Morgan fingerprint density at radius 1 is 1.26 bits per heavy atom. The number of amides is 1. The summed E-state index contributed by atoms with van der Waals surface area (Å²) in [6.07, 6.45) is 0. The van der Waals surface area contributed by atoms with Gasteiger partial charge in [-0.1, -0.05) is 11.6 Å². The van der Waals surface area contributed by atoms with Crippen molar-refractivity contribution in [3.8, 4) is 11.1 Å². The van der Waals surface area contributed by atoms with E-state index >= 15 is 0 Å². The van der Waals surface area contributed by atoms with Crippen molar-refractivity contribution < 1.29 is 14.7 Å². The van der Waals surface area contributed by atoms with Gasteiger partial charge in [0.15, 0.2) is 5.69 Å². The van der Waals surface area contributed by atoms with Crippen LogP contribution in [0, 0.1) is 6.92 Å². The van der Waals surface area contributed by atoms with Crippen LogP contribution in [0.4, 0.5) is 0 Å². The predicted molar refractivity (Wildman–Crippen MR) is 85.7 cm³/mol. The molecule has 0 bridgehead atoms. The van der Waals surface area contributed by atoms with Gasteiger partial charge in [-0.25, -0.2) is 9.78 Å². The van der Waals surface area contributed by atoms with Gasteiger partial charge >= 0.3 is 5.97 Å². The van der Waals surface area contributed by atoms with Crippen molar-refractivity contribution in [2.75, 3.05) is 0 Å². The Kier molecular flexibility index (Phi) is 4.17. The first-order chi connectivity index (χ1) is 10.5. The second kappa shape index (κ2) is 5.66. The first-order valence-corrected chi connectivity index (χ1v) is 7.22. The molecular weight excluding hydrogens is 320 g/mol. The van der Waals surface area contributed by atoms with Crippen LogP contribution in [0.1, 0.15) is 47.4 Å². The minimum Gasteiger partial charge on any atom is -0.476 e. The fraction of sp³-hybridized carbons (Fsp3) is 0.333. The molecule has 0 radical (unpaired) electrons. The molecule has 23 heavy (non-hydrogen) atoms. The van der Waals surface area contributed by atoms with E-state index in [4.69, 9.17) is 17.3 Å². The summed E-state index contributed by atoms with van der Waals surface area (Å²) in [5.41, 5.74) is 5.88. The number of primary amides is 1. The number of aromatic carboxylic acids is 1. The molecular formula is C15H17ClN4O3. The standard InChI is InChI=1S/C15H17ClN4O3/c1-7-10(8-5-6-9(16)18-11(8)13(17)21)12(14(22)23)19-20(7)15(2,3)4/h5-6H,1-4H3,(H2,17,21)(H,22,23). The smallest absolute Gasteiger partial charge is 0.357 e. The highest BCUT2D eigenvalue weighted by atomic mass is 35.5. The number of hydrogen-bond donors (Lipinski definition) is 2. The lowest BCUT2D eigenvalue weighted by molar-refractivity contribution is 0.0689. The van der Waals surface area contributed by atoms with Crippen molar-refractivity contribution in [3.05, 3.63) is 34.4 Å². The molecule has 1 amide bonds. The number of pyridine rings is 1. The normalized spacial score (nSPS) is 11.5. The average Bonchev–Trinajstić information content (AvgIpc) is 2.76. The zero-order valence-electron chi connectivity index (χ0n) is 13.2. The van der Waals surface area contributed by atoms with Crippen molar-refractivity contribution in [2.24, 2.45) is 5.73 Å². The zero-order chi connectivity index (χ0) is 17.5. The SMILES string of the molecule is Cc1c(-c2ccc(Cl)nc2C(N)=O)c(C(=O)O)nn1C(C)(C)C. The van der Waals surface area contributed by atoms with E-state index in [1.165, 1.54) is 12.1 Å². The van der Waals surface area contributed by atoms with E-state index in [1.807, 2.05) is 20.8 Å². The quantitative estimate of drug-likeness (QED) is 0.836. The summed E-state index contributed by atoms with van der Waals surface area (Å²) in [5, 5.41) is 13.8. The number of carboxylic acids is 1.